The molecule has 3 heteroatoms. The highest BCUT2D eigenvalue weighted by atomic mass is 35.5. The number of carbonyl (C=O) groups excluding carboxylic acids is 1. The normalized spacial score (nSPS) is 22.0. The molecule has 0 aliphatic heterocycles. The monoisotopic (exact) mass is 308 g/mol. The highest BCUT2D eigenvalue weighted by Gasteiger charge is 2.26. The number of benzene rings is 1. The molecule has 1 aromatic carbocycles. The van der Waals surface area contributed by atoms with Gasteiger partial charge in [-0.15, -0.1) is 0 Å². The van der Waals surface area contributed by atoms with Crippen LogP contribution in [0.25, 0.3) is 0 Å². The van der Waals surface area contributed by atoms with E-state index in [0.29, 0.717) is 17.2 Å². The van der Waals surface area contributed by atoms with E-state index in [9.17, 15) is 4.79 Å². The zero-order valence-corrected chi connectivity index (χ0v) is 13.8. The van der Waals surface area contributed by atoms with Gasteiger partial charge in [0.05, 0.1) is 7.11 Å². The summed E-state index contributed by atoms with van der Waals surface area (Å²) in [6.07, 6.45) is 7.51. The maximum absolute atomic E-state index is 12.5. The maximum atomic E-state index is 12.5. The van der Waals surface area contributed by atoms with E-state index in [1.165, 1.54) is 25.7 Å². The smallest absolute Gasteiger partial charge is 0.140 e. The lowest BCUT2D eigenvalue weighted by molar-refractivity contribution is -0.123. The van der Waals surface area contributed by atoms with Crippen LogP contribution in [0.15, 0.2) is 18.2 Å². The molecular formula is C18H25ClO2. The van der Waals surface area contributed by atoms with Crippen molar-refractivity contribution < 1.29 is 9.53 Å². The van der Waals surface area contributed by atoms with E-state index in [-0.39, 0.29) is 5.92 Å². The minimum absolute atomic E-state index is 0.224. The second-order valence-corrected chi connectivity index (χ2v) is 6.54. The van der Waals surface area contributed by atoms with Crippen molar-refractivity contribution in [3.63, 3.8) is 0 Å². The molecule has 0 heterocycles. The first kappa shape index (κ1) is 16.4. The topological polar surface area (TPSA) is 26.3 Å². The van der Waals surface area contributed by atoms with Gasteiger partial charge in [-0.3, -0.25) is 4.79 Å². The van der Waals surface area contributed by atoms with Crippen LogP contribution in [0.4, 0.5) is 0 Å². The summed E-state index contributed by atoms with van der Waals surface area (Å²) in [6, 6.07) is 5.48. The molecule has 0 atom stereocenters. The average molecular weight is 309 g/mol. The van der Waals surface area contributed by atoms with E-state index in [0.717, 1.165) is 30.1 Å². The molecule has 1 aliphatic carbocycles. The van der Waals surface area contributed by atoms with Gasteiger partial charge in [0, 0.05) is 22.9 Å². The molecule has 1 aliphatic rings. The summed E-state index contributed by atoms with van der Waals surface area (Å²) < 4.78 is 5.33. The Hall–Kier alpha value is -1.02. The van der Waals surface area contributed by atoms with Crippen molar-refractivity contribution in [1.29, 1.82) is 0 Å². The molecule has 0 saturated heterocycles. The van der Waals surface area contributed by atoms with Gasteiger partial charge in [0.25, 0.3) is 0 Å². The number of Topliss-reactive ketones (excluding diaryl/α,β-unsaturated/α-hetero) is 1. The first-order valence-corrected chi connectivity index (χ1v) is 8.37. The van der Waals surface area contributed by atoms with Gasteiger partial charge in [-0.1, -0.05) is 31.4 Å². The molecule has 0 N–H and O–H groups in total. The number of carbonyl (C=O) groups is 1. The Morgan fingerprint density at radius 3 is 2.62 bits per heavy atom. The molecule has 0 aromatic heterocycles. The van der Waals surface area contributed by atoms with E-state index >= 15 is 0 Å². The summed E-state index contributed by atoms with van der Waals surface area (Å²) in [4.78, 5) is 12.5. The molecule has 1 aromatic rings. The quantitative estimate of drug-likeness (QED) is 0.733. The van der Waals surface area contributed by atoms with Gasteiger partial charge in [0.1, 0.15) is 11.5 Å². The van der Waals surface area contributed by atoms with Crippen molar-refractivity contribution >= 4 is 17.4 Å². The van der Waals surface area contributed by atoms with E-state index in [1.54, 1.807) is 13.2 Å². The fourth-order valence-corrected chi connectivity index (χ4v) is 3.59. The van der Waals surface area contributed by atoms with Crippen molar-refractivity contribution in [2.45, 2.75) is 51.9 Å². The standard InChI is InChI=1S/C18H25ClO2/c1-3-4-13-5-7-14(8-6-13)17(20)12-15-11-16(19)9-10-18(15)21-2/h9-11,13-14H,3-8,12H2,1-2H3. The Labute approximate surface area is 132 Å². The van der Waals surface area contributed by atoms with Crippen molar-refractivity contribution in [1.82, 2.24) is 0 Å². The van der Waals surface area contributed by atoms with E-state index in [4.69, 9.17) is 16.3 Å². The SMILES string of the molecule is CCCC1CCC(C(=O)Cc2cc(Cl)ccc2OC)CC1. The molecule has 1 fully saturated rings. The number of ether oxygens (including phenoxy) is 1. The Kier molecular flexibility index (Phi) is 6.10. The maximum Gasteiger partial charge on any atom is 0.140 e. The molecule has 2 rings (SSSR count). The number of ketones is 1. The third kappa shape index (κ3) is 4.47. The summed E-state index contributed by atoms with van der Waals surface area (Å²) >= 11 is 6.03. The third-order valence-corrected chi connectivity index (χ3v) is 4.84. The largest absolute Gasteiger partial charge is 0.496 e. The molecule has 0 unspecified atom stereocenters. The average Bonchev–Trinajstić information content (AvgIpc) is 2.48. The van der Waals surface area contributed by atoms with Crippen LogP contribution in [-0.4, -0.2) is 12.9 Å². The van der Waals surface area contributed by atoms with Gasteiger partial charge in [0.2, 0.25) is 0 Å². The van der Waals surface area contributed by atoms with Gasteiger partial charge in [-0.25, -0.2) is 0 Å². The van der Waals surface area contributed by atoms with Crippen LogP contribution < -0.4 is 4.74 Å². The van der Waals surface area contributed by atoms with Crippen LogP contribution in [0.1, 0.15) is 51.0 Å². The molecule has 0 amide bonds. The molecule has 1 saturated carbocycles. The first-order valence-electron chi connectivity index (χ1n) is 7.99. The van der Waals surface area contributed by atoms with Gasteiger partial charge in [-0.2, -0.15) is 0 Å². The van der Waals surface area contributed by atoms with E-state index < -0.39 is 0 Å². The van der Waals surface area contributed by atoms with Gasteiger partial charge < -0.3 is 4.74 Å². The summed E-state index contributed by atoms with van der Waals surface area (Å²) in [6.45, 7) is 2.24. The molecule has 0 spiro atoms. The van der Waals surface area contributed by atoms with Crippen LogP contribution >= 0.6 is 11.6 Å². The predicted octanol–water partition coefficient (Wildman–Crippen LogP) is 5.07. The number of hydrogen-bond donors (Lipinski definition) is 0. The lowest BCUT2D eigenvalue weighted by atomic mass is 9.77. The lowest BCUT2D eigenvalue weighted by Crippen LogP contribution is -2.23. The highest BCUT2D eigenvalue weighted by Crippen LogP contribution is 2.33. The number of halogens is 1. The fourth-order valence-electron chi connectivity index (χ4n) is 3.40. The summed E-state index contributed by atoms with van der Waals surface area (Å²) in [5, 5.41) is 0.658. The van der Waals surface area contributed by atoms with Crippen molar-refractivity contribution in [3.8, 4) is 5.75 Å². The second kappa shape index (κ2) is 7.84. The van der Waals surface area contributed by atoms with Crippen molar-refractivity contribution in [2.24, 2.45) is 11.8 Å². The zero-order valence-electron chi connectivity index (χ0n) is 13.0. The number of hydrogen-bond acceptors (Lipinski definition) is 2. The number of methoxy groups -OCH3 is 1. The summed E-state index contributed by atoms with van der Waals surface area (Å²) in [5.74, 6) is 2.15. The fraction of sp³-hybridized carbons (Fsp3) is 0.611. The zero-order chi connectivity index (χ0) is 15.2. The van der Waals surface area contributed by atoms with E-state index in [1.807, 2.05) is 12.1 Å². The second-order valence-electron chi connectivity index (χ2n) is 6.11. The Morgan fingerprint density at radius 1 is 1.29 bits per heavy atom. The van der Waals surface area contributed by atoms with Crippen LogP contribution in [0, 0.1) is 11.8 Å². The molecule has 0 bridgehead atoms. The molecule has 116 valence electrons. The molecule has 0 radical (unpaired) electrons. The minimum Gasteiger partial charge on any atom is -0.496 e. The lowest BCUT2D eigenvalue weighted by Gasteiger charge is -2.27. The van der Waals surface area contributed by atoms with Crippen LogP contribution in [0.5, 0.6) is 5.75 Å². The minimum atomic E-state index is 0.224. The Morgan fingerprint density at radius 2 is 2.00 bits per heavy atom. The summed E-state index contributed by atoms with van der Waals surface area (Å²) in [5.41, 5.74) is 0.908. The van der Waals surface area contributed by atoms with Crippen LogP contribution in [-0.2, 0) is 11.2 Å². The molecule has 2 nitrogen and oxygen atoms in total. The number of rotatable bonds is 6. The summed E-state index contributed by atoms with van der Waals surface area (Å²) in [7, 11) is 1.63. The Bertz CT molecular complexity index is 476. The highest BCUT2D eigenvalue weighted by molar-refractivity contribution is 6.30. The van der Waals surface area contributed by atoms with Crippen LogP contribution in [0.2, 0.25) is 5.02 Å². The third-order valence-electron chi connectivity index (χ3n) is 4.61. The van der Waals surface area contributed by atoms with Gasteiger partial charge in [0.15, 0.2) is 0 Å². The molecular weight excluding hydrogens is 284 g/mol. The van der Waals surface area contributed by atoms with Gasteiger partial charge >= 0.3 is 0 Å². The van der Waals surface area contributed by atoms with E-state index in [2.05, 4.69) is 6.92 Å². The van der Waals surface area contributed by atoms with Crippen molar-refractivity contribution in [2.75, 3.05) is 7.11 Å². The Balaban J connectivity index is 1.95. The molecule has 21 heavy (non-hydrogen) atoms. The van der Waals surface area contributed by atoms with Crippen LogP contribution in [0.3, 0.4) is 0 Å². The predicted molar refractivity (Wildman–Crippen MR) is 87.1 cm³/mol. The first-order chi connectivity index (χ1) is 10.1. The van der Waals surface area contributed by atoms with Gasteiger partial charge in [-0.05, 0) is 49.8 Å². The van der Waals surface area contributed by atoms with Crippen molar-refractivity contribution in [3.05, 3.63) is 28.8 Å².